The Morgan fingerprint density at radius 3 is 2.36 bits per heavy atom. The van der Waals surface area contributed by atoms with Crippen LogP contribution in [0.15, 0.2) is 24.3 Å². The molecule has 5 heteroatoms. The van der Waals surface area contributed by atoms with Crippen molar-refractivity contribution in [2.24, 2.45) is 5.73 Å². The average molecular weight is 299 g/mol. The van der Waals surface area contributed by atoms with Gasteiger partial charge in [0, 0.05) is 17.9 Å². The quantitative estimate of drug-likeness (QED) is 0.713. The van der Waals surface area contributed by atoms with Crippen molar-refractivity contribution in [3.05, 3.63) is 52.3 Å². The molecule has 0 aliphatic heterocycles. The number of benzene rings is 1. The number of hydrogen-bond acceptors (Lipinski definition) is 5. The summed E-state index contributed by atoms with van der Waals surface area (Å²) >= 11 is 0. The molecule has 1 aromatic carbocycles. The average Bonchev–Trinajstić information content (AvgIpc) is 2.40. The van der Waals surface area contributed by atoms with E-state index in [0.717, 1.165) is 24.4 Å². The van der Waals surface area contributed by atoms with Gasteiger partial charge in [-0.15, -0.1) is 0 Å². The van der Waals surface area contributed by atoms with Gasteiger partial charge in [-0.05, 0) is 51.3 Å². The molecule has 0 spiro atoms. The Hall–Kier alpha value is -1.98. The van der Waals surface area contributed by atoms with Crippen molar-refractivity contribution in [2.75, 3.05) is 11.9 Å². The van der Waals surface area contributed by atoms with Crippen LogP contribution in [0.3, 0.4) is 0 Å². The van der Waals surface area contributed by atoms with Crippen molar-refractivity contribution in [1.82, 2.24) is 15.3 Å². The van der Waals surface area contributed by atoms with Gasteiger partial charge in [-0.25, -0.2) is 9.97 Å². The predicted molar refractivity (Wildman–Crippen MR) is 90.7 cm³/mol. The van der Waals surface area contributed by atoms with Crippen LogP contribution in [0.4, 0.5) is 5.95 Å². The first kappa shape index (κ1) is 16.4. The van der Waals surface area contributed by atoms with Gasteiger partial charge < -0.3 is 5.32 Å². The van der Waals surface area contributed by atoms with Crippen LogP contribution < -0.4 is 16.4 Å². The van der Waals surface area contributed by atoms with Gasteiger partial charge in [0.05, 0.1) is 0 Å². The fourth-order valence-electron chi connectivity index (χ4n) is 2.47. The van der Waals surface area contributed by atoms with Crippen LogP contribution in [0.2, 0.25) is 0 Å². The van der Waals surface area contributed by atoms with Gasteiger partial charge in [0.25, 0.3) is 0 Å². The van der Waals surface area contributed by atoms with E-state index in [1.54, 1.807) is 0 Å². The lowest BCUT2D eigenvalue weighted by molar-refractivity contribution is 0.575. The smallest absolute Gasteiger partial charge is 0.225 e. The summed E-state index contributed by atoms with van der Waals surface area (Å²) in [5, 5.41) is 6.32. The van der Waals surface area contributed by atoms with Crippen molar-refractivity contribution < 1.29 is 0 Å². The number of aryl methyl sites for hydroxylation is 4. The highest BCUT2D eigenvalue weighted by Gasteiger charge is 2.05. The highest BCUT2D eigenvalue weighted by atomic mass is 15.3. The largest absolute Gasteiger partial charge is 0.326 e. The van der Waals surface area contributed by atoms with Crippen molar-refractivity contribution in [2.45, 2.75) is 40.4 Å². The molecule has 0 amide bonds. The van der Waals surface area contributed by atoms with Crippen LogP contribution >= 0.6 is 0 Å². The molecule has 1 aromatic heterocycles. The number of nitrogens with zero attached hydrogens (tertiary/aromatic N) is 2. The molecule has 0 aliphatic rings. The maximum Gasteiger partial charge on any atom is 0.225 e. The van der Waals surface area contributed by atoms with Gasteiger partial charge in [0.1, 0.15) is 6.29 Å². The van der Waals surface area contributed by atoms with E-state index in [-0.39, 0.29) is 6.29 Å². The lowest BCUT2D eigenvalue weighted by Gasteiger charge is -2.16. The summed E-state index contributed by atoms with van der Waals surface area (Å²) in [7, 11) is 0. The second-order valence-corrected chi connectivity index (χ2v) is 5.73. The minimum Gasteiger partial charge on any atom is -0.326 e. The molecule has 0 saturated carbocycles. The van der Waals surface area contributed by atoms with Crippen LogP contribution in [0.25, 0.3) is 0 Å². The zero-order chi connectivity index (χ0) is 16.1. The Labute approximate surface area is 132 Å². The Balaban J connectivity index is 1.83. The SMILES string of the molecule is Cc1ccc(CCNC(N)Nc2nc(C)cc(C)n2)c(C)c1. The van der Waals surface area contributed by atoms with Gasteiger partial charge in [0.15, 0.2) is 0 Å². The zero-order valence-corrected chi connectivity index (χ0v) is 13.8. The molecule has 1 heterocycles. The van der Waals surface area contributed by atoms with E-state index < -0.39 is 0 Å². The van der Waals surface area contributed by atoms with Crippen LogP contribution in [0.1, 0.15) is 28.1 Å². The lowest BCUT2D eigenvalue weighted by atomic mass is 10.0. The van der Waals surface area contributed by atoms with Gasteiger partial charge in [-0.2, -0.15) is 0 Å². The second kappa shape index (κ2) is 7.33. The lowest BCUT2D eigenvalue weighted by Crippen LogP contribution is -2.45. The summed E-state index contributed by atoms with van der Waals surface area (Å²) in [6, 6.07) is 8.46. The van der Waals surface area contributed by atoms with E-state index in [1.807, 2.05) is 19.9 Å². The summed E-state index contributed by atoms with van der Waals surface area (Å²) in [5.41, 5.74) is 11.8. The molecule has 4 N–H and O–H groups in total. The highest BCUT2D eigenvalue weighted by Crippen LogP contribution is 2.10. The third-order valence-corrected chi connectivity index (χ3v) is 3.52. The first-order chi connectivity index (χ1) is 10.4. The Kier molecular flexibility index (Phi) is 5.46. The Morgan fingerprint density at radius 1 is 1.05 bits per heavy atom. The zero-order valence-electron chi connectivity index (χ0n) is 13.8. The van der Waals surface area contributed by atoms with Gasteiger partial charge in [0.2, 0.25) is 5.95 Å². The minimum atomic E-state index is -0.369. The number of rotatable bonds is 6. The van der Waals surface area contributed by atoms with Crippen molar-refractivity contribution in [1.29, 1.82) is 0 Å². The van der Waals surface area contributed by atoms with E-state index in [1.165, 1.54) is 16.7 Å². The van der Waals surface area contributed by atoms with E-state index >= 15 is 0 Å². The first-order valence-electron chi connectivity index (χ1n) is 7.58. The van der Waals surface area contributed by atoms with Crippen molar-refractivity contribution >= 4 is 5.95 Å². The molecule has 0 radical (unpaired) electrons. The van der Waals surface area contributed by atoms with Gasteiger partial charge >= 0.3 is 0 Å². The number of nitrogens with one attached hydrogen (secondary N) is 2. The maximum atomic E-state index is 6.03. The summed E-state index contributed by atoms with van der Waals surface area (Å²) in [5.74, 6) is 0.559. The van der Waals surface area contributed by atoms with Gasteiger partial charge in [-0.3, -0.25) is 11.1 Å². The topological polar surface area (TPSA) is 75.9 Å². The Bertz CT molecular complexity index is 619. The molecule has 1 atom stereocenters. The number of anilines is 1. The predicted octanol–water partition coefficient (Wildman–Crippen LogP) is 2.20. The molecule has 0 saturated heterocycles. The third kappa shape index (κ3) is 4.79. The van der Waals surface area contributed by atoms with Crippen molar-refractivity contribution in [3.8, 4) is 0 Å². The van der Waals surface area contributed by atoms with E-state index in [0.29, 0.717) is 5.95 Å². The van der Waals surface area contributed by atoms with Crippen LogP contribution in [-0.4, -0.2) is 22.8 Å². The van der Waals surface area contributed by atoms with E-state index in [9.17, 15) is 0 Å². The number of aromatic nitrogens is 2. The van der Waals surface area contributed by atoms with Crippen LogP contribution in [0.5, 0.6) is 0 Å². The third-order valence-electron chi connectivity index (χ3n) is 3.52. The standard InChI is InChI=1S/C17H25N5/c1-11-5-6-15(12(2)9-11)7-8-19-16(18)22-17-20-13(3)10-14(4)21-17/h5-6,9-10,16,19H,7-8,18H2,1-4H3,(H,20,21,22). The normalized spacial score (nSPS) is 12.2. The fourth-order valence-corrected chi connectivity index (χ4v) is 2.47. The molecule has 118 valence electrons. The molecule has 2 rings (SSSR count). The number of hydrogen-bond donors (Lipinski definition) is 3. The van der Waals surface area contributed by atoms with Gasteiger partial charge in [-0.1, -0.05) is 23.8 Å². The summed E-state index contributed by atoms with van der Waals surface area (Å²) in [6.07, 6.45) is 0.571. The monoisotopic (exact) mass is 299 g/mol. The van der Waals surface area contributed by atoms with Crippen molar-refractivity contribution in [3.63, 3.8) is 0 Å². The fraction of sp³-hybridized carbons (Fsp3) is 0.412. The Morgan fingerprint density at radius 2 is 1.73 bits per heavy atom. The number of nitrogens with two attached hydrogens (primary N) is 1. The molecule has 1 unspecified atom stereocenters. The molecule has 5 nitrogen and oxygen atoms in total. The van der Waals surface area contributed by atoms with Crippen LogP contribution in [-0.2, 0) is 6.42 Å². The van der Waals surface area contributed by atoms with Crippen LogP contribution in [0, 0.1) is 27.7 Å². The molecule has 0 aliphatic carbocycles. The summed E-state index contributed by atoms with van der Waals surface area (Å²) in [4.78, 5) is 8.64. The van der Waals surface area contributed by atoms with E-state index in [2.05, 4.69) is 52.6 Å². The summed E-state index contributed by atoms with van der Waals surface area (Å²) in [6.45, 7) is 8.93. The minimum absolute atomic E-state index is 0.369. The second-order valence-electron chi connectivity index (χ2n) is 5.73. The molecule has 2 aromatic rings. The molecular weight excluding hydrogens is 274 g/mol. The maximum absolute atomic E-state index is 6.03. The molecular formula is C17H25N5. The molecule has 0 bridgehead atoms. The molecule has 22 heavy (non-hydrogen) atoms. The van der Waals surface area contributed by atoms with E-state index in [4.69, 9.17) is 5.73 Å². The highest BCUT2D eigenvalue weighted by molar-refractivity contribution is 5.31. The molecule has 0 fully saturated rings. The first-order valence-corrected chi connectivity index (χ1v) is 7.58. The summed E-state index contributed by atoms with van der Waals surface area (Å²) < 4.78 is 0.